The maximum atomic E-state index is 12.0. The molecule has 0 amide bonds. The van der Waals surface area contributed by atoms with Gasteiger partial charge in [-0.05, 0) is 11.6 Å². The van der Waals surface area contributed by atoms with Gasteiger partial charge in [0.05, 0.1) is 4.90 Å². The highest BCUT2D eigenvalue weighted by molar-refractivity contribution is 7.90. The summed E-state index contributed by atoms with van der Waals surface area (Å²) < 4.78 is 23.6. The first-order valence-electron chi connectivity index (χ1n) is 6.14. The molecule has 0 aliphatic heterocycles. The Kier molecular flexibility index (Phi) is 2.83. The fraction of sp³-hybridized carbons (Fsp3) is 0.0625. The second-order valence-corrected chi connectivity index (χ2v) is 6.70. The highest BCUT2D eigenvalue weighted by atomic mass is 32.2. The lowest BCUT2D eigenvalue weighted by Gasteiger charge is -2.03. The van der Waals surface area contributed by atoms with Gasteiger partial charge >= 0.3 is 0 Å². The van der Waals surface area contributed by atoms with E-state index in [0.29, 0.717) is 16.7 Å². The smallest absolute Gasteiger partial charge is 0.195 e. The highest BCUT2D eigenvalue weighted by Crippen LogP contribution is 2.37. The summed E-state index contributed by atoms with van der Waals surface area (Å²) in [6.07, 6.45) is 1.15. The average Bonchev–Trinajstić information content (AvgIpc) is 3.10. The van der Waals surface area contributed by atoms with E-state index in [4.69, 9.17) is 0 Å². The van der Waals surface area contributed by atoms with Crippen molar-refractivity contribution in [3.8, 4) is 22.3 Å². The summed E-state index contributed by atoms with van der Waals surface area (Å²) in [5, 5.41) is 0. The van der Waals surface area contributed by atoms with Gasteiger partial charge < -0.3 is 0 Å². The molecule has 0 spiro atoms. The normalized spacial score (nSPS) is 11.8. The van der Waals surface area contributed by atoms with E-state index < -0.39 is 9.84 Å². The molecule has 3 rings (SSSR count). The van der Waals surface area contributed by atoms with Gasteiger partial charge in [-0.15, -0.1) is 0 Å². The third-order valence-electron chi connectivity index (χ3n) is 3.26. The van der Waals surface area contributed by atoms with Crippen LogP contribution >= 0.6 is 0 Å². The van der Waals surface area contributed by atoms with Crippen LogP contribution in [0.15, 0.2) is 64.3 Å². The predicted molar refractivity (Wildman–Crippen MR) is 79.1 cm³/mol. The number of hydrogen-bond acceptors (Lipinski definition) is 3. The number of rotatable bonds is 3. The summed E-state index contributed by atoms with van der Waals surface area (Å²) in [4.78, 5) is 12.2. The summed E-state index contributed by atoms with van der Waals surface area (Å²) >= 11 is 0. The molecule has 0 aromatic heterocycles. The quantitative estimate of drug-likeness (QED) is 0.743. The van der Waals surface area contributed by atoms with Crippen LogP contribution in [0.1, 0.15) is 0 Å². The lowest BCUT2D eigenvalue weighted by atomic mass is 10.1. The van der Waals surface area contributed by atoms with E-state index in [1.54, 1.807) is 18.2 Å². The van der Waals surface area contributed by atoms with Crippen molar-refractivity contribution in [2.24, 2.45) is 0 Å². The Morgan fingerprint density at radius 2 is 1.40 bits per heavy atom. The van der Waals surface area contributed by atoms with Gasteiger partial charge in [0.25, 0.3) is 0 Å². The van der Waals surface area contributed by atoms with Crippen molar-refractivity contribution >= 4 is 9.84 Å². The Labute approximate surface area is 117 Å². The van der Waals surface area contributed by atoms with Crippen LogP contribution in [-0.4, -0.2) is 14.7 Å². The second kappa shape index (κ2) is 4.42. The molecule has 0 bridgehead atoms. The summed E-state index contributed by atoms with van der Waals surface area (Å²) in [6, 6.07) is 15.9. The van der Waals surface area contributed by atoms with Crippen molar-refractivity contribution in [1.29, 1.82) is 0 Å². The zero-order valence-electron chi connectivity index (χ0n) is 10.8. The highest BCUT2D eigenvalue weighted by Gasteiger charge is 2.28. The van der Waals surface area contributed by atoms with Crippen molar-refractivity contribution in [3.63, 3.8) is 0 Å². The summed E-state index contributed by atoms with van der Waals surface area (Å²) in [6.45, 7) is 0. The first-order chi connectivity index (χ1) is 9.50. The first-order valence-corrected chi connectivity index (χ1v) is 8.03. The maximum Gasteiger partial charge on any atom is 0.195 e. The van der Waals surface area contributed by atoms with Gasteiger partial charge in [0, 0.05) is 22.9 Å². The van der Waals surface area contributed by atoms with Crippen LogP contribution in [0.4, 0.5) is 0 Å². The van der Waals surface area contributed by atoms with Gasteiger partial charge in [-0.2, -0.15) is 0 Å². The van der Waals surface area contributed by atoms with E-state index in [2.05, 4.69) is 0 Å². The topological polar surface area (TPSA) is 51.2 Å². The average molecular weight is 284 g/mol. The number of hydrogen-bond donors (Lipinski definition) is 0. The molecule has 20 heavy (non-hydrogen) atoms. The monoisotopic (exact) mass is 284 g/mol. The molecular formula is C16H12O3S. The first kappa shape index (κ1) is 12.8. The van der Waals surface area contributed by atoms with Crippen LogP contribution < -0.4 is 5.43 Å². The lowest BCUT2D eigenvalue weighted by Crippen LogP contribution is -1.99. The number of benzene rings is 2. The summed E-state index contributed by atoms with van der Waals surface area (Å²) in [7, 11) is -3.35. The molecule has 3 aromatic rings. The minimum Gasteiger partial charge on any atom is -0.289 e. The fourth-order valence-electron chi connectivity index (χ4n) is 2.30. The minimum atomic E-state index is -3.35. The largest absolute Gasteiger partial charge is 0.289 e. The molecule has 0 N–H and O–H groups in total. The van der Waals surface area contributed by atoms with E-state index in [0.717, 1.165) is 11.8 Å². The van der Waals surface area contributed by atoms with Gasteiger partial charge in [0.2, 0.25) is 0 Å². The third-order valence-corrected chi connectivity index (χ3v) is 4.41. The van der Waals surface area contributed by atoms with Crippen LogP contribution in [0.25, 0.3) is 22.3 Å². The van der Waals surface area contributed by atoms with Gasteiger partial charge in [-0.3, -0.25) is 4.79 Å². The Balaban J connectivity index is 2.17. The van der Waals surface area contributed by atoms with Crippen molar-refractivity contribution in [2.45, 2.75) is 4.90 Å². The molecule has 0 aliphatic rings. The second-order valence-electron chi connectivity index (χ2n) is 4.71. The van der Waals surface area contributed by atoms with Crippen molar-refractivity contribution in [2.75, 3.05) is 6.26 Å². The van der Waals surface area contributed by atoms with Gasteiger partial charge in [-0.25, -0.2) is 8.42 Å². The molecule has 4 heteroatoms. The lowest BCUT2D eigenvalue weighted by molar-refractivity contribution is 0.602. The van der Waals surface area contributed by atoms with Crippen molar-refractivity contribution in [3.05, 3.63) is 64.8 Å². The summed E-state index contributed by atoms with van der Waals surface area (Å²) in [5.41, 5.74) is 2.38. The van der Waals surface area contributed by atoms with E-state index in [-0.39, 0.29) is 10.3 Å². The zero-order chi connectivity index (χ0) is 14.3. The molecule has 0 fully saturated rings. The molecule has 100 valence electrons. The Bertz CT molecular complexity index is 883. The van der Waals surface area contributed by atoms with Crippen LogP contribution in [-0.2, 0) is 9.84 Å². The third kappa shape index (κ3) is 2.08. The van der Waals surface area contributed by atoms with E-state index in [9.17, 15) is 13.2 Å². The molecule has 0 unspecified atom stereocenters. The van der Waals surface area contributed by atoms with Crippen LogP contribution in [0.5, 0.6) is 0 Å². The molecule has 0 aliphatic carbocycles. The Morgan fingerprint density at radius 3 is 2.05 bits per heavy atom. The number of sulfone groups is 1. The molecule has 0 atom stereocenters. The van der Waals surface area contributed by atoms with Crippen LogP contribution in [0.3, 0.4) is 0 Å². The molecule has 0 radical (unpaired) electrons. The van der Waals surface area contributed by atoms with E-state index in [1.807, 2.05) is 30.3 Å². The van der Waals surface area contributed by atoms with Crippen molar-refractivity contribution < 1.29 is 8.42 Å². The van der Waals surface area contributed by atoms with Gasteiger partial charge in [0.15, 0.2) is 15.3 Å². The molecule has 0 heterocycles. The van der Waals surface area contributed by atoms with Gasteiger partial charge in [-0.1, -0.05) is 48.5 Å². The Hall–Kier alpha value is -2.20. The van der Waals surface area contributed by atoms with Gasteiger partial charge in [0.1, 0.15) is 0 Å². The Morgan fingerprint density at radius 1 is 0.800 bits per heavy atom. The fourth-order valence-corrected chi connectivity index (χ4v) is 3.20. The van der Waals surface area contributed by atoms with Crippen LogP contribution in [0, 0.1) is 0 Å². The maximum absolute atomic E-state index is 12.0. The summed E-state index contributed by atoms with van der Waals surface area (Å²) in [5.74, 6) is 0. The predicted octanol–water partition coefficient (Wildman–Crippen LogP) is 2.66. The minimum absolute atomic E-state index is 0.0766. The molecule has 3 aromatic carbocycles. The molecular weight excluding hydrogens is 272 g/mol. The van der Waals surface area contributed by atoms with Crippen LogP contribution in [0.2, 0.25) is 0 Å². The standard InChI is InChI=1S/C16H12O3S/c1-20(18,19)13-10-6-5-9-12(13)15-14(16(15)17)11-7-3-2-4-8-11/h2-10H,1H3. The SMILES string of the molecule is CS(=O)(=O)c1ccccc1-c1c(-c2ccccc2)c1=O. The van der Waals surface area contributed by atoms with E-state index in [1.165, 1.54) is 6.07 Å². The molecule has 3 nitrogen and oxygen atoms in total. The van der Waals surface area contributed by atoms with Crippen molar-refractivity contribution in [1.82, 2.24) is 0 Å². The van der Waals surface area contributed by atoms with E-state index >= 15 is 0 Å². The molecule has 0 saturated heterocycles. The molecule has 0 saturated carbocycles. The zero-order valence-corrected chi connectivity index (χ0v) is 11.6.